The predicted octanol–water partition coefficient (Wildman–Crippen LogP) is -0.304. The zero-order valence-corrected chi connectivity index (χ0v) is 19.9. The molecule has 1 saturated heterocycles. The van der Waals surface area contributed by atoms with Gasteiger partial charge in [0.25, 0.3) is 0 Å². The van der Waals surface area contributed by atoms with Crippen LogP contribution in [0.15, 0.2) is 41.3 Å². The lowest BCUT2D eigenvalue weighted by Gasteiger charge is -2.39. The fourth-order valence-electron chi connectivity index (χ4n) is 4.62. The number of piperazine rings is 1. The third kappa shape index (κ3) is 5.25. The van der Waals surface area contributed by atoms with E-state index >= 15 is 0 Å². The Balaban J connectivity index is 1.41. The summed E-state index contributed by atoms with van der Waals surface area (Å²) in [4.78, 5) is 26.6. The highest BCUT2D eigenvalue weighted by atomic mass is 32.2. The van der Waals surface area contributed by atoms with Crippen molar-refractivity contribution in [3.05, 3.63) is 47.5 Å². The van der Waals surface area contributed by atoms with E-state index < -0.39 is 27.2 Å². The Labute approximate surface area is 203 Å². The topological polar surface area (TPSA) is 170 Å². The molecular weight excluding hydrogens is 474 g/mol. The second-order valence-electron chi connectivity index (χ2n) is 9.14. The maximum Gasteiger partial charge on any atom is 0.247 e. The Morgan fingerprint density at radius 1 is 1.03 bits per heavy atom. The quantitative estimate of drug-likeness (QED) is 0.353. The largest absolute Gasteiger partial charge is 0.508 e. The van der Waals surface area contributed by atoms with Crippen LogP contribution in [0.5, 0.6) is 11.5 Å². The van der Waals surface area contributed by atoms with Crippen molar-refractivity contribution in [3.8, 4) is 11.5 Å². The molecule has 0 saturated carbocycles. The van der Waals surface area contributed by atoms with Gasteiger partial charge < -0.3 is 31.4 Å². The van der Waals surface area contributed by atoms with Crippen LogP contribution >= 0.6 is 0 Å². The zero-order valence-electron chi connectivity index (χ0n) is 19.1. The van der Waals surface area contributed by atoms with Crippen LogP contribution in [0.25, 0.3) is 0 Å². The van der Waals surface area contributed by atoms with Crippen molar-refractivity contribution in [2.45, 2.75) is 29.9 Å². The van der Waals surface area contributed by atoms with Gasteiger partial charge >= 0.3 is 0 Å². The standard InChI is InChI=1S/C23H29N5O6S/c24-22(32)11-23(25,15-29)14-26-5-7-27(8-6-26)18-2-1-16-12-28(13-17(16)9-18)35(33,34)21-4-3-19(30)10-20(21)31/h1-4,9-10,15,30-31H,5-8,11-14,25H2,(H2,24,32)/t23-/m0/s1. The van der Waals surface area contributed by atoms with Gasteiger partial charge in [0, 0.05) is 57.6 Å². The minimum absolute atomic E-state index is 0.175. The van der Waals surface area contributed by atoms with Crippen molar-refractivity contribution in [3.63, 3.8) is 0 Å². The molecule has 2 aromatic carbocycles. The third-order valence-electron chi connectivity index (χ3n) is 6.44. The van der Waals surface area contributed by atoms with Gasteiger partial charge in [-0.2, -0.15) is 4.31 Å². The number of aromatic hydroxyl groups is 2. The Kier molecular flexibility index (Phi) is 6.73. The molecule has 2 aromatic rings. The molecule has 0 bridgehead atoms. The molecule has 0 spiro atoms. The number of hydrogen-bond acceptors (Lipinski definition) is 9. The van der Waals surface area contributed by atoms with E-state index in [-0.39, 0.29) is 36.7 Å². The van der Waals surface area contributed by atoms with E-state index in [1.54, 1.807) is 0 Å². The number of aldehydes is 1. The molecule has 0 unspecified atom stereocenters. The van der Waals surface area contributed by atoms with E-state index in [1.807, 2.05) is 23.1 Å². The van der Waals surface area contributed by atoms with E-state index in [2.05, 4.69) is 4.90 Å². The minimum atomic E-state index is -3.95. The normalized spacial score (nSPS) is 18.7. The summed E-state index contributed by atoms with van der Waals surface area (Å²) < 4.78 is 27.4. The van der Waals surface area contributed by atoms with E-state index in [4.69, 9.17) is 11.5 Å². The lowest BCUT2D eigenvalue weighted by atomic mass is 9.97. The first kappa shape index (κ1) is 24.9. The van der Waals surface area contributed by atoms with E-state index in [0.29, 0.717) is 32.5 Å². The number of phenols is 2. The number of rotatable bonds is 8. The lowest BCUT2D eigenvalue weighted by Crippen LogP contribution is -2.57. The van der Waals surface area contributed by atoms with Crippen LogP contribution in [-0.4, -0.2) is 78.3 Å². The number of phenolic OH excluding ortho intramolecular Hbond substituents is 2. The minimum Gasteiger partial charge on any atom is -0.508 e. The van der Waals surface area contributed by atoms with E-state index in [9.17, 15) is 28.2 Å². The Hall–Kier alpha value is -3.19. The van der Waals surface area contributed by atoms with Gasteiger partial charge in [0.2, 0.25) is 15.9 Å². The molecule has 2 aliphatic heterocycles. The number of hydrogen-bond donors (Lipinski definition) is 4. The zero-order chi connectivity index (χ0) is 25.4. The number of sulfonamides is 1. The highest BCUT2D eigenvalue weighted by molar-refractivity contribution is 7.89. The van der Waals surface area contributed by atoms with Gasteiger partial charge in [0.1, 0.15) is 22.7 Å². The molecule has 2 heterocycles. The average molecular weight is 504 g/mol. The summed E-state index contributed by atoms with van der Waals surface area (Å²) in [5, 5.41) is 19.5. The van der Waals surface area contributed by atoms with Crippen LogP contribution in [0, 0.1) is 0 Å². The van der Waals surface area contributed by atoms with Gasteiger partial charge in [0.15, 0.2) is 0 Å². The molecular formula is C23H29N5O6S. The monoisotopic (exact) mass is 503 g/mol. The molecule has 0 aromatic heterocycles. The molecule has 0 aliphatic carbocycles. The number of primary amides is 1. The van der Waals surface area contributed by atoms with Crippen LogP contribution in [0.3, 0.4) is 0 Å². The van der Waals surface area contributed by atoms with Crippen molar-refractivity contribution in [2.75, 3.05) is 37.6 Å². The number of carbonyl (C=O) groups excluding carboxylic acids is 2. The van der Waals surface area contributed by atoms with Gasteiger partial charge in [0.05, 0.1) is 12.0 Å². The second-order valence-corrected chi connectivity index (χ2v) is 11.0. The van der Waals surface area contributed by atoms with Crippen LogP contribution in [-0.2, 0) is 32.7 Å². The number of carbonyl (C=O) groups is 2. The van der Waals surface area contributed by atoms with Crippen LogP contribution in [0.1, 0.15) is 17.5 Å². The Bertz CT molecular complexity index is 1240. The first-order valence-electron chi connectivity index (χ1n) is 11.2. The van der Waals surface area contributed by atoms with Crippen LogP contribution in [0.4, 0.5) is 5.69 Å². The summed E-state index contributed by atoms with van der Waals surface area (Å²) in [5.41, 5.74) is 12.7. The molecule has 12 heteroatoms. The van der Waals surface area contributed by atoms with Gasteiger partial charge in [-0.3, -0.25) is 9.69 Å². The number of nitrogens with two attached hydrogens (primary N) is 2. The summed E-state index contributed by atoms with van der Waals surface area (Å²) in [7, 11) is -3.95. The smallest absolute Gasteiger partial charge is 0.247 e. The predicted molar refractivity (Wildman–Crippen MR) is 128 cm³/mol. The lowest BCUT2D eigenvalue weighted by molar-refractivity contribution is -0.123. The maximum atomic E-state index is 13.1. The fraction of sp³-hybridized carbons (Fsp3) is 0.391. The molecule has 35 heavy (non-hydrogen) atoms. The molecule has 6 N–H and O–H groups in total. The van der Waals surface area contributed by atoms with Gasteiger partial charge in [-0.25, -0.2) is 8.42 Å². The molecule has 1 atom stereocenters. The summed E-state index contributed by atoms with van der Waals surface area (Å²) in [6.07, 6.45) is 0.380. The van der Waals surface area contributed by atoms with Crippen molar-refractivity contribution in [2.24, 2.45) is 11.5 Å². The van der Waals surface area contributed by atoms with E-state index in [0.717, 1.165) is 22.9 Å². The van der Waals surface area contributed by atoms with Gasteiger partial charge in [-0.05, 0) is 35.4 Å². The van der Waals surface area contributed by atoms with Gasteiger partial charge in [-0.1, -0.05) is 6.07 Å². The third-order valence-corrected chi connectivity index (χ3v) is 8.28. The SMILES string of the molecule is NC(=O)C[C@@](N)(C=O)CN1CCN(c2ccc3c(c2)CN(S(=O)(=O)c2ccc(O)cc2O)C3)CC1. The Morgan fingerprint density at radius 3 is 2.34 bits per heavy atom. The maximum absolute atomic E-state index is 13.1. The summed E-state index contributed by atoms with van der Waals surface area (Å²) >= 11 is 0. The van der Waals surface area contributed by atoms with E-state index in [1.165, 1.54) is 16.4 Å². The number of nitrogens with zero attached hydrogens (tertiary/aromatic N) is 3. The highest BCUT2D eigenvalue weighted by Gasteiger charge is 2.34. The molecule has 11 nitrogen and oxygen atoms in total. The molecule has 0 radical (unpaired) electrons. The summed E-state index contributed by atoms with van der Waals surface area (Å²) in [6.45, 7) is 3.24. The fourth-order valence-corrected chi connectivity index (χ4v) is 6.08. The number of anilines is 1. The highest BCUT2D eigenvalue weighted by Crippen LogP contribution is 2.35. The first-order valence-corrected chi connectivity index (χ1v) is 12.6. The summed E-state index contributed by atoms with van der Waals surface area (Å²) in [5.74, 6) is -1.33. The number of fused-ring (bicyclic) bond motifs is 1. The molecule has 4 rings (SSSR count). The molecule has 188 valence electrons. The molecule has 1 fully saturated rings. The van der Waals surface area contributed by atoms with Crippen molar-refractivity contribution < 1.29 is 28.2 Å². The number of amides is 1. The first-order chi connectivity index (χ1) is 16.5. The van der Waals surface area contributed by atoms with Crippen molar-refractivity contribution >= 4 is 27.9 Å². The second kappa shape index (κ2) is 9.46. The Morgan fingerprint density at radius 2 is 1.71 bits per heavy atom. The van der Waals surface area contributed by atoms with Crippen LogP contribution in [0.2, 0.25) is 0 Å². The molecule has 2 aliphatic rings. The van der Waals surface area contributed by atoms with Crippen molar-refractivity contribution in [1.29, 1.82) is 0 Å². The average Bonchev–Trinajstić information content (AvgIpc) is 3.23. The van der Waals surface area contributed by atoms with Crippen LogP contribution < -0.4 is 16.4 Å². The van der Waals surface area contributed by atoms with Gasteiger partial charge in [-0.15, -0.1) is 0 Å². The molecule has 1 amide bonds. The van der Waals surface area contributed by atoms with Crippen molar-refractivity contribution in [1.82, 2.24) is 9.21 Å². The number of benzene rings is 2. The summed E-state index contributed by atoms with van der Waals surface area (Å²) in [6, 6.07) is 9.26.